The number of sulfone groups is 1. The Bertz CT molecular complexity index is 1030. The van der Waals surface area contributed by atoms with E-state index < -0.39 is 9.84 Å². The lowest BCUT2D eigenvalue weighted by Crippen LogP contribution is -2.54. The van der Waals surface area contributed by atoms with Crippen LogP contribution in [-0.2, 0) is 9.84 Å². The highest BCUT2D eigenvalue weighted by molar-refractivity contribution is 7.91. The second kappa shape index (κ2) is 9.72. The third-order valence-electron chi connectivity index (χ3n) is 6.24. The summed E-state index contributed by atoms with van der Waals surface area (Å²) in [5.41, 5.74) is 1.76. The first-order valence-electron chi connectivity index (χ1n) is 10.8. The van der Waals surface area contributed by atoms with Crippen LogP contribution in [-0.4, -0.2) is 72.5 Å². The fraction of sp³-hybridized carbons (Fsp3) is 0.571. The zero-order valence-electron chi connectivity index (χ0n) is 18.3. The number of anilines is 1. The molecule has 2 saturated heterocycles. The van der Waals surface area contributed by atoms with E-state index in [1.165, 1.54) is 11.5 Å². The van der Waals surface area contributed by atoms with Crippen LogP contribution >= 0.6 is 11.5 Å². The Labute approximate surface area is 192 Å². The molecule has 11 heteroatoms. The van der Waals surface area contributed by atoms with Crippen molar-refractivity contribution in [3.05, 3.63) is 35.8 Å². The van der Waals surface area contributed by atoms with Gasteiger partial charge in [-0.1, -0.05) is 0 Å². The van der Waals surface area contributed by atoms with Gasteiger partial charge in [0, 0.05) is 36.8 Å². The number of carbonyl (C=O) groups is 1. The summed E-state index contributed by atoms with van der Waals surface area (Å²) in [5.74, 6) is 1.17. The van der Waals surface area contributed by atoms with E-state index in [4.69, 9.17) is 4.74 Å². The van der Waals surface area contributed by atoms with E-state index in [-0.39, 0.29) is 35.5 Å². The fourth-order valence-corrected chi connectivity index (χ4v) is 6.62. The Hall–Kier alpha value is -2.24. The van der Waals surface area contributed by atoms with Crippen LogP contribution in [0.2, 0.25) is 0 Å². The molecule has 4 rings (SSSR count). The third-order valence-corrected chi connectivity index (χ3v) is 8.75. The molecule has 0 spiro atoms. The molecule has 0 radical (unpaired) electrons. The number of carbonyl (C=O) groups excluding carboxylic acids is 1. The molecule has 2 fully saturated rings. The molecule has 9 nitrogen and oxygen atoms in total. The molecule has 2 amide bonds. The van der Waals surface area contributed by atoms with Gasteiger partial charge in [0.25, 0.3) is 0 Å². The molecule has 2 aromatic heterocycles. The van der Waals surface area contributed by atoms with Crippen LogP contribution in [0.4, 0.5) is 9.80 Å². The van der Waals surface area contributed by atoms with E-state index in [1.807, 2.05) is 25.1 Å². The van der Waals surface area contributed by atoms with Crippen LogP contribution in [0, 0.1) is 6.92 Å². The topological polar surface area (TPSA) is 114 Å². The maximum Gasteiger partial charge on any atom is 0.320 e. The first-order valence-corrected chi connectivity index (χ1v) is 13.4. The standard InChI is InChI=1S/C21H29N5O4S2/c1-14-11-20(31-25-14)24-21(27)23-19-5-8-26(15-6-9-32(28,29)10-7-15)13-17(19)18-4-3-16(30-2)12-22-18/h3-4,11-12,15,17,19H,5-10,13H2,1-2H3,(H2,23,24,27). The van der Waals surface area contributed by atoms with Crippen LogP contribution in [0.1, 0.15) is 36.6 Å². The van der Waals surface area contributed by atoms with Crippen molar-refractivity contribution in [2.45, 2.75) is 44.2 Å². The maximum atomic E-state index is 12.7. The summed E-state index contributed by atoms with van der Waals surface area (Å²) >= 11 is 1.25. The van der Waals surface area contributed by atoms with Gasteiger partial charge in [0.15, 0.2) is 0 Å². The van der Waals surface area contributed by atoms with Crippen molar-refractivity contribution in [1.29, 1.82) is 0 Å². The smallest absolute Gasteiger partial charge is 0.320 e. The molecule has 4 heterocycles. The zero-order chi connectivity index (χ0) is 22.7. The Balaban J connectivity index is 1.48. The first-order chi connectivity index (χ1) is 15.3. The van der Waals surface area contributed by atoms with Crippen molar-refractivity contribution < 1.29 is 17.9 Å². The summed E-state index contributed by atoms with van der Waals surface area (Å²) < 4.78 is 33.1. The molecule has 0 bridgehead atoms. The van der Waals surface area contributed by atoms with Gasteiger partial charge in [-0.15, -0.1) is 0 Å². The number of likely N-dealkylation sites (tertiary alicyclic amines) is 1. The molecular formula is C21H29N5O4S2. The van der Waals surface area contributed by atoms with E-state index in [2.05, 4.69) is 24.9 Å². The largest absolute Gasteiger partial charge is 0.495 e. The number of nitrogens with one attached hydrogen (secondary N) is 2. The molecule has 2 aliphatic heterocycles. The monoisotopic (exact) mass is 479 g/mol. The molecule has 2 atom stereocenters. The normalized spacial score (nSPS) is 24.1. The number of rotatable bonds is 5. The van der Waals surface area contributed by atoms with Crippen LogP contribution in [0.15, 0.2) is 24.4 Å². The van der Waals surface area contributed by atoms with E-state index in [0.717, 1.165) is 24.4 Å². The van der Waals surface area contributed by atoms with E-state index in [9.17, 15) is 13.2 Å². The van der Waals surface area contributed by atoms with Crippen molar-refractivity contribution >= 4 is 32.4 Å². The number of ether oxygens (including phenoxy) is 1. The van der Waals surface area contributed by atoms with Gasteiger partial charge in [-0.3, -0.25) is 15.2 Å². The van der Waals surface area contributed by atoms with Crippen LogP contribution in [0.3, 0.4) is 0 Å². The van der Waals surface area contributed by atoms with Crippen LogP contribution in [0.25, 0.3) is 0 Å². The van der Waals surface area contributed by atoms with E-state index in [1.54, 1.807) is 13.3 Å². The van der Waals surface area contributed by atoms with Crippen molar-refractivity contribution in [3.8, 4) is 5.75 Å². The lowest BCUT2D eigenvalue weighted by atomic mass is 9.87. The van der Waals surface area contributed by atoms with Crippen LogP contribution < -0.4 is 15.4 Å². The molecular weight excluding hydrogens is 450 g/mol. The lowest BCUT2D eigenvalue weighted by molar-refractivity contribution is 0.119. The number of pyridine rings is 1. The molecule has 2 aliphatic rings. The highest BCUT2D eigenvalue weighted by Crippen LogP contribution is 2.31. The summed E-state index contributed by atoms with van der Waals surface area (Å²) in [5, 5.41) is 6.70. The third kappa shape index (κ3) is 5.57. The second-order valence-corrected chi connectivity index (χ2v) is 11.5. The Kier molecular flexibility index (Phi) is 6.96. The van der Waals surface area contributed by atoms with Gasteiger partial charge in [0.1, 0.15) is 20.6 Å². The lowest BCUT2D eigenvalue weighted by Gasteiger charge is -2.43. The highest BCUT2D eigenvalue weighted by Gasteiger charge is 2.37. The van der Waals surface area contributed by atoms with Crippen molar-refractivity contribution in [2.24, 2.45) is 0 Å². The highest BCUT2D eigenvalue weighted by atomic mass is 32.2. The summed E-state index contributed by atoms with van der Waals surface area (Å²) in [6.45, 7) is 3.41. The predicted octanol–water partition coefficient (Wildman–Crippen LogP) is 2.41. The summed E-state index contributed by atoms with van der Waals surface area (Å²) in [6.07, 6.45) is 3.78. The van der Waals surface area contributed by atoms with Crippen molar-refractivity contribution in [1.82, 2.24) is 19.6 Å². The fourth-order valence-electron chi connectivity index (χ4n) is 4.49. The minimum absolute atomic E-state index is 0.0119. The van der Waals surface area contributed by atoms with Crippen molar-refractivity contribution in [2.75, 3.05) is 37.0 Å². The molecule has 174 valence electrons. The Morgan fingerprint density at radius 2 is 2.03 bits per heavy atom. The van der Waals surface area contributed by atoms with E-state index in [0.29, 0.717) is 30.1 Å². The molecule has 32 heavy (non-hydrogen) atoms. The quantitative estimate of drug-likeness (QED) is 0.677. The van der Waals surface area contributed by atoms with Gasteiger partial charge in [-0.2, -0.15) is 4.37 Å². The summed E-state index contributed by atoms with van der Waals surface area (Å²) in [6, 6.07) is 5.56. The van der Waals surface area contributed by atoms with Gasteiger partial charge in [0.2, 0.25) is 0 Å². The van der Waals surface area contributed by atoms with Gasteiger partial charge in [-0.25, -0.2) is 13.2 Å². The number of nitrogens with zero attached hydrogens (tertiary/aromatic N) is 3. The number of aryl methyl sites for hydroxylation is 1. The van der Waals surface area contributed by atoms with Crippen LogP contribution in [0.5, 0.6) is 5.75 Å². The zero-order valence-corrected chi connectivity index (χ0v) is 19.9. The molecule has 0 saturated carbocycles. The number of aromatic nitrogens is 2. The Morgan fingerprint density at radius 3 is 2.66 bits per heavy atom. The number of amides is 2. The molecule has 2 unspecified atom stereocenters. The van der Waals surface area contributed by atoms with Crippen molar-refractivity contribution in [3.63, 3.8) is 0 Å². The number of hydrogen-bond donors (Lipinski definition) is 2. The SMILES string of the molecule is COc1ccc(C2CN(C3CCS(=O)(=O)CC3)CCC2NC(=O)Nc2cc(C)ns2)nc1. The van der Waals surface area contributed by atoms with Gasteiger partial charge in [-0.05, 0) is 55.9 Å². The van der Waals surface area contributed by atoms with Gasteiger partial charge in [0.05, 0.1) is 30.5 Å². The average molecular weight is 480 g/mol. The molecule has 2 aromatic rings. The number of urea groups is 1. The minimum atomic E-state index is -2.90. The number of piperidine rings is 1. The predicted molar refractivity (Wildman–Crippen MR) is 124 cm³/mol. The first kappa shape index (κ1) is 22.9. The maximum absolute atomic E-state index is 12.7. The molecule has 0 aromatic carbocycles. The van der Waals surface area contributed by atoms with Gasteiger partial charge >= 0.3 is 6.03 Å². The molecule has 2 N–H and O–H groups in total. The summed E-state index contributed by atoms with van der Waals surface area (Å²) in [7, 11) is -1.30. The average Bonchev–Trinajstić information content (AvgIpc) is 3.18. The number of hydrogen-bond acceptors (Lipinski definition) is 8. The van der Waals surface area contributed by atoms with E-state index >= 15 is 0 Å². The molecule has 0 aliphatic carbocycles. The Morgan fingerprint density at radius 1 is 1.25 bits per heavy atom. The summed E-state index contributed by atoms with van der Waals surface area (Å²) in [4.78, 5) is 19.6. The van der Waals surface area contributed by atoms with Gasteiger partial charge < -0.3 is 10.1 Å². The second-order valence-electron chi connectivity index (χ2n) is 8.43. The number of methoxy groups -OCH3 is 1. The minimum Gasteiger partial charge on any atom is -0.495 e.